The van der Waals surface area contributed by atoms with Crippen molar-refractivity contribution in [1.29, 1.82) is 0 Å². The van der Waals surface area contributed by atoms with Gasteiger partial charge in [-0.2, -0.15) is 0 Å². The molecule has 2 unspecified atom stereocenters. The summed E-state index contributed by atoms with van der Waals surface area (Å²) in [5.41, 5.74) is 7.18. The van der Waals surface area contributed by atoms with Gasteiger partial charge in [0.25, 0.3) is 0 Å². The zero-order valence-electron chi connectivity index (χ0n) is 9.87. The fraction of sp³-hybridized carbons (Fsp3) is 0.462. The highest BCUT2D eigenvalue weighted by Crippen LogP contribution is 2.32. The van der Waals surface area contributed by atoms with Gasteiger partial charge in [-0.25, -0.2) is 0 Å². The Kier molecular flexibility index (Phi) is 3.72. The van der Waals surface area contributed by atoms with E-state index in [0.717, 1.165) is 29.4 Å². The van der Waals surface area contributed by atoms with E-state index in [9.17, 15) is 4.79 Å². The molecule has 0 aliphatic heterocycles. The van der Waals surface area contributed by atoms with Crippen LogP contribution in [0.15, 0.2) is 22.7 Å². The Morgan fingerprint density at radius 3 is 2.82 bits per heavy atom. The smallest absolute Gasteiger partial charge is 0.227 e. The van der Waals surface area contributed by atoms with Crippen LogP contribution < -0.4 is 11.1 Å². The molecule has 3 N–H and O–H groups in total. The molecule has 2 rings (SSSR count). The first-order valence-corrected chi connectivity index (χ1v) is 6.73. The van der Waals surface area contributed by atoms with Gasteiger partial charge in [0.05, 0.1) is 0 Å². The number of carbonyl (C=O) groups excluding carboxylic acids is 1. The molecular formula is C13H17BrN2O. The molecular weight excluding hydrogens is 280 g/mol. The molecule has 3 nitrogen and oxygen atoms in total. The Morgan fingerprint density at radius 2 is 2.24 bits per heavy atom. The van der Waals surface area contributed by atoms with E-state index in [2.05, 4.69) is 28.2 Å². The molecule has 1 aliphatic carbocycles. The molecule has 1 fully saturated rings. The maximum atomic E-state index is 12.1. The molecule has 1 aliphatic rings. The van der Waals surface area contributed by atoms with Crippen molar-refractivity contribution >= 4 is 33.2 Å². The lowest BCUT2D eigenvalue weighted by Crippen LogP contribution is -2.24. The van der Waals surface area contributed by atoms with Gasteiger partial charge in [0.1, 0.15) is 0 Å². The summed E-state index contributed by atoms with van der Waals surface area (Å²) >= 11 is 3.36. The third-order valence-electron chi connectivity index (χ3n) is 3.47. The largest absolute Gasteiger partial charge is 0.398 e. The summed E-state index contributed by atoms with van der Waals surface area (Å²) in [5.74, 6) is 0.783. The molecule has 2 atom stereocenters. The lowest BCUT2D eigenvalue weighted by atomic mass is 9.97. The van der Waals surface area contributed by atoms with Crippen LogP contribution >= 0.6 is 15.9 Å². The van der Waals surface area contributed by atoms with Crippen LogP contribution in [0.1, 0.15) is 26.2 Å². The average molecular weight is 297 g/mol. The van der Waals surface area contributed by atoms with Crippen molar-refractivity contribution in [3.63, 3.8) is 0 Å². The number of nitrogens with one attached hydrogen (secondary N) is 1. The SMILES string of the molecule is CC1CCCC1C(=O)Nc1ccc(N)c(Br)c1. The van der Waals surface area contributed by atoms with Crippen LogP contribution in [0.5, 0.6) is 0 Å². The number of rotatable bonds is 2. The molecule has 1 aromatic rings. The topological polar surface area (TPSA) is 55.1 Å². The van der Waals surface area contributed by atoms with Gasteiger partial charge >= 0.3 is 0 Å². The van der Waals surface area contributed by atoms with E-state index in [4.69, 9.17) is 5.73 Å². The summed E-state index contributed by atoms with van der Waals surface area (Å²) in [4.78, 5) is 12.1. The summed E-state index contributed by atoms with van der Waals surface area (Å²) in [6.45, 7) is 2.15. The van der Waals surface area contributed by atoms with Crippen molar-refractivity contribution in [2.45, 2.75) is 26.2 Å². The number of hydrogen-bond donors (Lipinski definition) is 2. The van der Waals surface area contributed by atoms with Crippen molar-refractivity contribution in [3.8, 4) is 0 Å². The van der Waals surface area contributed by atoms with E-state index in [0.29, 0.717) is 11.6 Å². The van der Waals surface area contributed by atoms with E-state index in [1.165, 1.54) is 0 Å². The van der Waals surface area contributed by atoms with Crippen molar-refractivity contribution in [2.24, 2.45) is 11.8 Å². The molecule has 0 aromatic heterocycles. The molecule has 0 radical (unpaired) electrons. The molecule has 4 heteroatoms. The summed E-state index contributed by atoms with van der Waals surface area (Å²) in [7, 11) is 0. The first kappa shape index (κ1) is 12.4. The van der Waals surface area contributed by atoms with Gasteiger partial charge in [-0.05, 0) is 52.9 Å². The standard InChI is InChI=1S/C13H17BrN2O/c1-8-3-2-4-10(8)13(17)16-9-5-6-12(15)11(14)7-9/h5-8,10H,2-4,15H2,1H3,(H,16,17). The lowest BCUT2D eigenvalue weighted by Gasteiger charge is -2.15. The Hall–Kier alpha value is -1.03. The van der Waals surface area contributed by atoms with Gasteiger partial charge in [0, 0.05) is 21.8 Å². The van der Waals surface area contributed by atoms with Gasteiger partial charge in [-0.15, -0.1) is 0 Å². The molecule has 92 valence electrons. The first-order valence-electron chi connectivity index (χ1n) is 5.94. The fourth-order valence-electron chi connectivity index (χ4n) is 2.37. The number of benzene rings is 1. The molecule has 1 saturated carbocycles. The lowest BCUT2D eigenvalue weighted by molar-refractivity contribution is -0.120. The molecule has 0 heterocycles. The summed E-state index contributed by atoms with van der Waals surface area (Å²) in [6, 6.07) is 5.46. The number of halogens is 1. The van der Waals surface area contributed by atoms with E-state index in [1.807, 2.05) is 12.1 Å². The van der Waals surface area contributed by atoms with E-state index in [-0.39, 0.29) is 11.8 Å². The quantitative estimate of drug-likeness (QED) is 0.822. The van der Waals surface area contributed by atoms with Gasteiger partial charge in [0.2, 0.25) is 5.91 Å². The fourth-order valence-corrected chi connectivity index (χ4v) is 2.75. The number of nitrogen functional groups attached to an aromatic ring is 1. The predicted octanol–water partition coefficient (Wildman–Crippen LogP) is 3.41. The minimum Gasteiger partial charge on any atom is -0.398 e. The van der Waals surface area contributed by atoms with Gasteiger partial charge in [-0.3, -0.25) is 4.79 Å². The molecule has 17 heavy (non-hydrogen) atoms. The van der Waals surface area contributed by atoms with Crippen LogP contribution in [0.25, 0.3) is 0 Å². The van der Waals surface area contributed by atoms with Crippen molar-refractivity contribution in [2.75, 3.05) is 11.1 Å². The highest BCUT2D eigenvalue weighted by molar-refractivity contribution is 9.10. The van der Waals surface area contributed by atoms with E-state index >= 15 is 0 Å². The highest BCUT2D eigenvalue weighted by Gasteiger charge is 2.29. The third kappa shape index (κ3) is 2.80. The summed E-state index contributed by atoms with van der Waals surface area (Å²) in [6.07, 6.45) is 3.32. The summed E-state index contributed by atoms with van der Waals surface area (Å²) in [5, 5.41) is 2.96. The molecule has 0 spiro atoms. The van der Waals surface area contributed by atoms with Crippen LogP contribution in [-0.4, -0.2) is 5.91 Å². The summed E-state index contributed by atoms with van der Waals surface area (Å²) < 4.78 is 0.815. The normalized spacial score (nSPS) is 23.6. The van der Waals surface area contributed by atoms with Crippen LogP contribution in [0.3, 0.4) is 0 Å². The zero-order chi connectivity index (χ0) is 12.4. The highest BCUT2D eigenvalue weighted by atomic mass is 79.9. The van der Waals surface area contributed by atoms with Gasteiger partial charge in [0.15, 0.2) is 0 Å². The van der Waals surface area contributed by atoms with Crippen molar-refractivity contribution in [3.05, 3.63) is 22.7 Å². The van der Waals surface area contributed by atoms with Crippen molar-refractivity contribution < 1.29 is 4.79 Å². The zero-order valence-corrected chi connectivity index (χ0v) is 11.5. The maximum Gasteiger partial charge on any atom is 0.227 e. The second-order valence-corrected chi connectivity index (χ2v) is 5.59. The maximum absolute atomic E-state index is 12.1. The molecule has 0 saturated heterocycles. The molecule has 1 aromatic carbocycles. The van der Waals surface area contributed by atoms with Crippen LogP contribution in [0, 0.1) is 11.8 Å². The molecule has 1 amide bonds. The van der Waals surface area contributed by atoms with Crippen molar-refractivity contribution in [1.82, 2.24) is 0 Å². The Bertz CT molecular complexity index is 433. The minimum atomic E-state index is 0.131. The second-order valence-electron chi connectivity index (χ2n) is 4.74. The second kappa shape index (κ2) is 5.08. The average Bonchev–Trinajstić information content (AvgIpc) is 2.70. The minimum absolute atomic E-state index is 0.131. The number of carbonyl (C=O) groups is 1. The Morgan fingerprint density at radius 1 is 1.47 bits per heavy atom. The number of amides is 1. The Labute approximate surface area is 110 Å². The number of anilines is 2. The van der Waals surface area contributed by atoms with E-state index < -0.39 is 0 Å². The number of nitrogens with two attached hydrogens (primary N) is 1. The van der Waals surface area contributed by atoms with Crippen LogP contribution in [-0.2, 0) is 4.79 Å². The monoisotopic (exact) mass is 296 g/mol. The predicted molar refractivity (Wildman–Crippen MR) is 73.7 cm³/mol. The first-order chi connectivity index (χ1) is 8.08. The number of hydrogen-bond acceptors (Lipinski definition) is 2. The molecule has 0 bridgehead atoms. The van der Waals surface area contributed by atoms with Crippen LogP contribution in [0.2, 0.25) is 0 Å². The Balaban J connectivity index is 2.05. The van der Waals surface area contributed by atoms with Gasteiger partial charge in [-0.1, -0.05) is 13.3 Å². The van der Waals surface area contributed by atoms with E-state index in [1.54, 1.807) is 6.07 Å². The van der Waals surface area contributed by atoms with Crippen LogP contribution in [0.4, 0.5) is 11.4 Å². The third-order valence-corrected chi connectivity index (χ3v) is 4.15. The van der Waals surface area contributed by atoms with Gasteiger partial charge < -0.3 is 11.1 Å².